The Labute approximate surface area is 157 Å². The van der Waals surface area contributed by atoms with E-state index < -0.39 is 0 Å². The molecule has 0 radical (unpaired) electrons. The molecule has 25 heavy (non-hydrogen) atoms. The van der Waals surface area contributed by atoms with Crippen LogP contribution in [-0.4, -0.2) is 26.2 Å². The molecule has 0 aromatic rings. The maximum absolute atomic E-state index is 10.1. The second-order valence-corrected chi connectivity index (χ2v) is 7.34. The van der Waals surface area contributed by atoms with Gasteiger partial charge in [-0.05, 0) is 12.8 Å². The Kier molecular flexibility index (Phi) is 22.9. The predicted molar refractivity (Wildman–Crippen MR) is 109 cm³/mol. The topological polar surface area (TPSA) is 38.3 Å². The summed E-state index contributed by atoms with van der Waals surface area (Å²) >= 11 is 0. The van der Waals surface area contributed by atoms with Crippen molar-refractivity contribution in [2.24, 2.45) is 0 Å². The van der Waals surface area contributed by atoms with Crippen LogP contribution in [0.1, 0.15) is 116 Å². The minimum atomic E-state index is 0.725. The maximum atomic E-state index is 10.1. The van der Waals surface area contributed by atoms with Crippen LogP contribution in [0.4, 0.5) is 0 Å². The first-order valence-electron chi connectivity index (χ1n) is 11.2. The number of amides is 1. The number of hydrogen-bond donors (Lipinski definition) is 1. The van der Waals surface area contributed by atoms with Crippen molar-refractivity contribution in [1.29, 1.82) is 0 Å². The number of carbonyl (C=O) groups is 1. The van der Waals surface area contributed by atoms with E-state index in [9.17, 15) is 4.79 Å². The zero-order valence-electron chi connectivity index (χ0n) is 17.0. The second-order valence-electron chi connectivity index (χ2n) is 7.34. The molecular weight excluding hydrogens is 310 g/mol. The van der Waals surface area contributed by atoms with Crippen molar-refractivity contribution in [1.82, 2.24) is 5.32 Å². The minimum Gasteiger partial charge on any atom is -0.381 e. The van der Waals surface area contributed by atoms with E-state index in [1.54, 1.807) is 0 Å². The van der Waals surface area contributed by atoms with Gasteiger partial charge in [0.05, 0.1) is 0 Å². The molecule has 150 valence electrons. The smallest absolute Gasteiger partial charge is 0.207 e. The zero-order valence-corrected chi connectivity index (χ0v) is 17.0. The molecule has 0 aromatic carbocycles. The van der Waals surface area contributed by atoms with Crippen molar-refractivity contribution in [3.63, 3.8) is 0 Å². The van der Waals surface area contributed by atoms with Crippen molar-refractivity contribution in [3.8, 4) is 0 Å². The number of nitrogens with one attached hydrogen (secondary N) is 1. The van der Waals surface area contributed by atoms with E-state index in [-0.39, 0.29) is 0 Å². The molecule has 0 heterocycles. The van der Waals surface area contributed by atoms with Crippen LogP contribution in [-0.2, 0) is 9.53 Å². The minimum absolute atomic E-state index is 0.725. The van der Waals surface area contributed by atoms with Gasteiger partial charge in [-0.1, -0.05) is 103 Å². The summed E-state index contributed by atoms with van der Waals surface area (Å²) in [5.74, 6) is 0. The number of rotatable bonds is 22. The molecule has 1 N–H and O–H groups in total. The van der Waals surface area contributed by atoms with Crippen molar-refractivity contribution >= 4 is 6.41 Å². The summed E-state index contributed by atoms with van der Waals surface area (Å²) in [7, 11) is 0. The molecule has 3 heteroatoms. The molecule has 3 nitrogen and oxygen atoms in total. The van der Waals surface area contributed by atoms with Crippen LogP contribution < -0.4 is 5.32 Å². The van der Waals surface area contributed by atoms with E-state index in [1.807, 2.05) is 0 Å². The highest BCUT2D eigenvalue weighted by Crippen LogP contribution is 2.13. The lowest BCUT2D eigenvalue weighted by Crippen LogP contribution is -2.14. The first kappa shape index (κ1) is 24.4. The average molecular weight is 356 g/mol. The highest BCUT2D eigenvalue weighted by molar-refractivity contribution is 5.45. The van der Waals surface area contributed by atoms with Crippen molar-refractivity contribution in [3.05, 3.63) is 0 Å². The molecule has 0 spiro atoms. The summed E-state index contributed by atoms with van der Waals surface area (Å²) in [6.07, 6.45) is 24.1. The van der Waals surface area contributed by atoms with Crippen LogP contribution in [0.25, 0.3) is 0 Å². The van der Waals surface area contributed by atoms with Crippen molar-refractivity contribution < 1.29 is 9.53 Å². The number of unbranched alkanes of at least 4 members (excludes halogenated alkanes) is 15. The molecule has 0 aliphatic heterocycles. The summed E-state index contributed by atoms with van der Waals surface area (Å²) in [6, 6.07) is 0. The number of hydrogen-bond acceptors (Lipinski definition) is 2. The molecule has 0 rings (SSSR count). The Hall–Kier alpha value is -0.570. The van der Waals surface area contributed by atoms with E-state index in [4.69, 9.17) is 4.74 Å². The van der Waals surface area contributed by atoms with Gasteiger partial charge in [0, 0.05) is 19.8 Å². The van der Waals surface area contributed by atoms with Crippen molar-refractivity contribution in [2.45, 2.75) is 116 Å². The van der Waals surface area contributed by atoms with E-state index in [0.29, 0.717) is 0 Å². The quantitative estimate of drug-likeness (QED) is 0.180. The van der Waals surface area contributed by atoms with Crippen LogP contribution in [0.2, 0.25) is 0 Å². The molecule has 1 amide bonds. The second kappa shape index (κ2) is 23.4. The van der Waals surface area contributed by atoms with Crippen LogP contribution in [0.3, 0.4) is 0 Å². The summed E-state index contributed by atoms with van der Waals surface area (Å²) in [5.41, 5.74) is 0. The summed E-state index contributed by atoms with van der Waals surface area (Å²) in [4.78, 5) is 10.1. The molecule has 0 fully saturated rings. The lowest BCUT2D eigenvalue weighted by atomic mass is 10.0. The Morgan fingerprint density at radius 2 is 1.00 bits per heavy atom. The van der Waals surface area contributed by atoms with Gasteiger partial charge >= 0.3 is 0 Å². The van der Waals surface area contributed by atoms with Crippen molar-refractivity contribution in [2.75, 3.05) is 19.8 Å². The summed E-state index contributed by atoms with van der Waals surface area (Å²) in [6.45, 7) is 4.65. The van der Waals surface area contributed by atoms with Crippen LogP contribution in [0.15, 0.2) is 0 Å². The van der Waals surface area contributed by atoms with Gasteiger partial charge in [-0.3, -0.25) is 4.79 Å². The first-order valence-corrected chi connectivity index (χ1v) is 11.2. The monoisotopic (exact) mass is 355 g/mol. The highest BCUT2D eigenvalue weighted by Gasteiger charge is 1.95. The molecule has 0 aromatic heterocycles. The Bertz CT molecular complexity index is 246. The third kappa shape index (κ3) is 23.4. The van der Waals surface area contributed by atoms with Gasteiger partial charge in [0.1, 0.15) is 0 Å². The molecule has 0 saturated carbocycles. The lowest BCUT2D eigenvalue weighted by Gasteiger charge is -2.05. The van der Waals surface area contributed by atoms with Gasteiger partial charge in [-0.2, -0.15) is 0 Å². The normalized spacial score (nSPS) is 10.9. The van der Waals surface area contributed by atoms with Gasteiger partial charge in [-0.15, -0.1) is 0 Å². The SMILES string of the molecule is CCCCCCCCCCCCCCCCCCOCCCNC=O. The van der Waals surface area contributed by atoms with Gasteiger partial charge in [0.2, 0.25) is 6.41 Å². The molecule has 0 aliphatic rings. The molecule has 0 atom stereocenters. The first-order chi connectivity index (χ1) is 12.4. The van der Waals surface area contributed by atoms with Gasteiger partial charge in [0.25, 0.3) is 0 Å². The predicted octanol–water partition coefficient (Wildman–Crippen LogP) is 6.40. The Morgan fingerprint density at radius 3 is 1.44 bits per heavy atom. The van der Waals surface area contributed by atoms with Gasteiger partial charge in [-0.25, -0.2) is 0 Å². The number of ether oxygens (including phenoxy) is 1. The Morgan fingerprint density at radius 1 is 0.600 bits per heavy atom. The average Bonchev–Trinajstić information content (AvgIpc) is 2.63. The van der Waals surface area contributed by atoms with Crippen LogP contribution in [0.5, 0.6) is 0 Å². The highest BCUT2D eigenvalue weighted by atomic mass is 16.5. The maximum Gasteiger partial charge on any atom is 0.207 e. The lowest BCUT2D eigenvalue weighted by molar-refractivity contribution is -0.109. The molecule has 0 unspecified atom stereocenters. The fourth-order valence-electron chi connectivity index (χ4n) is 3.19. The molecular formula is C22H45NO2. The fraction of sp³-hybridized carbons (Fsp3) is 0.955. The standard InChI is InChI=1S/C22H45NO2/c1-2-3-4-5-6-7-8-9-10-11-12-13-14-15-16-17-20-25-21-18-19-23-22-24/h22H,2-21H2,1H3,(H,23,24). The van der Waals surface area contributed by atoms with Gasteiger partial charge in [0.15, 0.2) is 0 Å². The Balaban J connectivity index is 2.95. The summed E-state index contributed by atoms with van der Waals surface area (Å²) < 4.78 is 5.54. The van der Waals surface area contributed by atoms with Crippen LogP contribution >= 0.6 is 0 Å². The van der Waals surface area contributed by atoms with E-state index in [2.05, 4.69) is 12.2 Å². The van der Waals surface area contributed by atoms with Gasteiger partial charge < -0.3 is 10.1 Å². The molecule has 0 saturated heterocycles. The largest absolute Gasteiger partial charge is 0.381 e. The number of carbonyl (C=O) groups excluding carboxylic acids is 1. The third-order valence-corrected chi connectivity index (χ3v) is 4.84. The van der Waals surface area contributed by atoms with Crippen LogP contribution in [0, 0.1) is 0 Å². The van der Waals surface area contributed by atoms with E-state index in [0.717, 1.165) is 32.6 Å². The zero-order chi connectivity index (χ0) is 18.3. The van der Waals surface area contributed by atoms with E-state index >= 15 is 0 Å². The third-order valence-electron chi connectivity index (χ3n) is 4.84. The molecule has 0 bridgehead atoms. The molecule has 0 aliphatic carbocycles. The summed E-state index contributed by atoms with van der Waals surface area (Å²) in [5, 5.41) is 2.65. The fourth-order valence-corrected chi connectivity index (χ4v) is 3.19. The van der Waals surface area contributed by atoms with E-state index in [1.165, 1.54) is 103 Å².